The highest BCUT2D eigenvalue weighted by molar-refractivity contribution is 5.85. The summed E-state index contributed by atoms with van der Waals surface area (Å²) in [7, 11) is 0. The quantitative estimate of drug-likeness (QED) is 0.886. The number of hydrogen-bond donors (Lipinski definition) is 1. The lowest BCUT2D eigenvalue weighted by Crippen LogP contribution is -2.40. The average molecular weight is 267 g/mol. The summed E-state index contributed by atoms with van der Waals surface area (Å²) >= 11 is 0. The van der Waals surface area contributed by atoms with Crippen LogP contribution in [0.15, 0.2) is 30.3 Å². The van der Waals surface area contributed by atoms with E-state index in [4.69, 9.17) is 0 Å². The van der Waals surface area contributed by atoms with Crippen LogP contribution in [0.2, 0.25) is 0 Å². The minimum atomic E-state index is 0. The Morgan fingerprint density at radius 1 is 1.06 bits per heavy atom. The second kappa shape index (κ2) is 6.05. The van der Waals surface area contributed by atoms with Crippen LogP contribution in [0.5, 0.6) is 0 Å². The summed E-state index contributed by atoms with van der Waals surface area (Å²) < 4.78 is 0. The second-order valence-electron chi connectivity index (χ2n) is 5.69. The van der Waals surface area contributed by atoms with Gasteiger partial charge >= 0.3 is 0 Å². The Hall–Kier alpha value is -0.570. The molecule has 100 valence electrons. The number of nitrogens with one attached hydrogen (secondary N) is 1. The molecule has 0 bridgehead atoms. The lowest BCUT2D eigenvalue weighted by atomic mass is 9.78. The summed E-state index contributed by atoms with van der Waals surface area (Å²) in [6.45, 7) is 6.17. The average Bonchev–Trinajstić information content (AvgIpc) is 2.83. The predicted molar refractivity (Wildman–Crippen MR) is 78.1 cm³/mol. The number of hydrogen-bond acceptors (Lipinski definition) is 2. The number of benzene rings is 1. The van der Waals surface area contributed by atoms with E-state index in [1.54, 1.807) is 0 Å². The largest absolute Gasteiger partial charge is 0.316 e. The van der Waals surface area contributed by atoms with Crippen molar-refractivity contribution in [3.8, 4) is 0 Å². The van der Waals surface area contributed by atoms with Crippen LogP contribution in [0.1, 0.15) is 24.8 Å². The molecule has 2 fully saturated rings. The molecule has 3 heteroatoms. The molecule has 2 heterocycles. The topological polar surface area (TPSA) is 15.3 Å². The highest BCUT2D eigenvalue weighted by Crippen LogP contribution is 2.37. The van der Waals surface area contributed by atoms with Gasteiger partial charge in [0, 0.05) is 13.1 Å². The molecule has 0 radical (unpaired) electrons. The van der Waals surface area contributed by atoms with Crippen LogP contribution in [0.3, 0.4) is 0 Å². The van der Waals surface area contributed by atoms with Crippen molar-refractivity contribution in [1.29, 1.82) is 0 Å². The van der Waals surface area contributed by atoms with Gasteiger partial charge in [0.15, 0.2) is 0 Å². The van der Waals surface area contributed by atoms with Crippen LogP contribution in [-0.4, -0.2) is 31.1 Å². The van der Waals surface area contributed by atoms with E-state index in [2.05, 4.69) is 40.5 Å². The maximum absolute atomic E-state index is 3.53. The Balaban J connectivity index is 0.00000120. The normalized spacial score (nSPS) is 22.9. The van der Waals surface area contributed by atoms with Gasteiger partial charge in [0.2, 0.25) is 0 Å². The molecule has 1 aromatic rings. The highest BCUT2D eigenvalue weighted by atomic mass is 35.5. The first-order valence-corrected chi connectivity index (χ1v) is 6.83. The zero-order valence-electron chi connectivity index (χ0n) is 10.9. The van der Waals surface area contributed by atoms with Crippen LogP contribution in [0.25, 0.3) is 0 Å². The first-order valence-electron chi connectivity index (χ1n) is 6.83. The van der Waals surface area contributed by atoms with Crippen molar-refractivity contribution in [3.63, 3.8) is 0 Å². The van der Waals surface area contributed by atoms with Gasteiger partial charge in [-0.1, -0.05) is 30.3 Å². The van der Waals surface area contributed by atoms with Gasteiger partial charge in [0.05, 0.1) is 0 Å². The lowest BCUT2D eigenvalue weighted by molar-refractivity contribution is 0.114. The fourth-order valence-electron chi connectivity index (χ4n) is 3.25. The van der Waals surface area contributed by atoms with Gasteiger partial charge in [-0.15, -0.1) is 12.4 Å². The van der Waals surface area contributed by atoms with Crippen molar-refractivity contribution in [1.82, 2.24) is 10.2 Å². The molecule has 1 N–H and O–H groups in total. The van der Waals surface area contributed by atoms with Crippen molar-refractivity contribution in [2.45, 2.75) is 25.8 Å². The van der Waals surface area contributed by atoms with E-state index in [1.165, 1.54) is 51.0 Å². The number of piperidine rings is 1. The third kappa shape index (κ3) is 3.05. The van der Waals surface area contributed by atoms with E-state index in [9.17, 15) is 0 Å². The van der Waals surface area contributed by atoms with Gasteiger partial charge < -0.3 is 5.32 Å². The van der Waals surface area contributed by atoms with E-state index in [0.29, 0.717) is 5.41 Å². The standard InChI is InChI=1S/C15H22N2.ClH/c1-2-4-14(5-3-1)12-17-10-7-15(8-11-17)6-9-16-13-15;/h1-5,16H,6-13H2;1H. The molecular formula is C15H23ClN2. The number of halogens is 1. The van der Waals surface area contributed by atoms with Gasteiger partial charge in [-0.2, -0.15) is 0 Å². The molecule has 0 aliphatic carbocycles. The summed E-state index contributed by atoms with van der Waals surface area (Å²) in [5.74, 6) is 0. The molecule has 2 nitrogen and oxygen atoms in total. The zero-order chi connectivity index (χ0) is 11.6. The van der Waals surface area contributed by atoms with E-state index >= 15 is 0 Å². The number of likely N-dealkylation sites (tertiary alicyclic amines) is 1. The van der Waals surface area contributed by atoms with Crippen molar-refractivity contribution >= 4 is 12.4 Å². The van der Waals surface area contributed by atoms with Gasteiger partial charge in [-0.25, -0.2) is 0 Å². The maximum atomic E-state index is 3.53. The molecule has 18 heavy (non-hydrogen) atoms. The van der Waals surface area contributed by atoms with E-state index in [0.717, 1.165) is 6.54 Å². The molecule has 2 aliphatic rings. The zero-order valence-corrected chi connectivity index (χ0v) is 11.7. The van der Waals surface area contributed by atoms with E-state index in [-0.39, 0.29) is 12.4 Å². The Morgan fingerprint density at radius 2 is 1.78 bits per heavy atom. The first-order chi connectivity index (χ1) is 8.36. The van der Waals surface area contributed by atoms with Gasteiger partial charge in [0.25, 0.3) is 0 Å². The third-order valence-electron chi connectivity index (χ3n) is 4.50. The number of nitrogens with zero attached hydrogens (tertiary/aromatic N) is 1. The Labute approximate surface area is 116 Å². The van der Waals surface area contributed by atoms with Crippen molar-refractivity contribution in [3.05, 3.63) is 35.9 Å². The third-order valence-corrected chi connectivity index (χ3v) is 4.50. The van der Waals surface area contributed by atoms with Gasteiger partial charge in [0.1, 0.15) is 0 Å². The summed E-state index contributed by atoms with van der Waals surface area (Å²) in [6.07, 6.45) is 4.16. The minimum Gasteiger partial charge on any atom is -0.316 e. The Bertz CT molecular complexity index is 350. The first kappa shape index (κ1) is 13.9. The maximum Gasteiger partial charge on any atom is 0.0233 e. The molecule has 2 saturated heterocycles. The predicted octanol–water partition coefficient (Wildman–Crippen LogP) is 2.68. The van der Waals surface area contributed by atoms with Crippen molar-refractivity contribution in [2.24, 2.45) is 5.41 Å². The molecule has 1 aromatic carbocycles. The number of rotatable bonds is 2. The molecular weight excluding hydrogens is 244 g/mol. The fraction of sp³-hybridized carbons (Fsp3) is 0.600. The molecule has 0 unspecified atom stereocenters. The Morgan fingerprint density at radius 3 is 2.39 bits per heavy atom. The van der Waals surface area contributed by atoms with E-state index in [1.807, 2.05) is 0 Å². The van der Waals surface area contributed by atoms with Crippen LogP contribution in [0.4, 0.5) is 0 Å². The van der Waals surface area contributed by atoms with Crippen LogP contribution in [-0.2, 0) is 6.54 Å². The monoisotopic (exact) mass is 266 g/mol. The van der Waals surface area contributed by atoms with Gasteiger partial charge in [-0.05, 0) is 49.9 Å². The van der Waals surface area contributed by atoms with Crippen LogP contribution >= 0.6 is 12.4 Å². The van der Waals surface area contributed by atoms with Crippen molar-refractivity contribution < 1.29 is 0 Å². The summed E-state index contributed by atoms with van der Waals surface area (Å²) in [5, 5.41) is 3.53. The smallest absolute Gasteiger partial charge is 0.0233 e. The fourth-order valence-corrected chi connectivity index (χ4v) is 3.25. The summed E-state index contributed by atoms with van der Waals surface area (Å²) in [6, 6.07) is 10.9. The molecule has 0 amide bonds. The minimum absolute atomic E-state index is 0. The molecule has 0 aromatic heterocycles. The molecule has 0 atom stereocenters. The molecule has 0 saturated carbocycles. The van der Waals surface area contributed by atoms with Gasteiger partial charge in [-0.3, -0.25) is 4.90 Å². The second-order valence-corrected chi connectivity index (χ2v) is 5.69. The lowest BCUT2D eigenvalue weighted by Gasteiger charge is -2.38. The summed E-state index contributed by atoms with van der Waals surface area (Å²) in [5.41, 5.74) is 2.10. The van der Waals surface area contributed by atoms with E-state index < -0.39 is 0 Å². The van der Waals surface area contributed by atoms with Crippen LogP contribution < -0.4 is 5.32 Å². The molecule has 1 spiro atoms. The highest BCUT2D eigenvalue weighted by Gasteiger charge is 2.36. The molecule has 3 rings (SSSR count). The Kier molecular flexibility index (Phi) is 4.66. The van der Waals surface area contributed by atoms with Crippen LogP contribution in [0, 0.1) is 5.41 Å². The molecule has 2 aliphatic heterocycles. The SMILES string of the molecule is Cl.c1ccc(CN2CCC3(CCNC3)CC2)cc1. The van der Waals surface area contributed by atoms with Crippen molar-refractivity contribution in [2.75, 3.05) is 26.2 Å². The summed E-state index contributed by atoms with van der Waals surface area (Å²) in [4.78, 5) is 2.61.